The van der Waals surface area contributed by atoms with Crippen LogP contribution >= 0.6 is 0 Å². The zero-order valence-corrected chi connectivity index (χ0v) is 11.6. The molecule has 3 nitrogen and oxygen atoms in total. The van der Waals surface area contributed by atoms with Gasteiger partial charge in [0.25, 0.3) is 0 Å². The average Bonchev–Trinajstić information content (AvgIpc) is 2.41. The summed E-state index contributed by atoms with van der Waals surface area (Å²) in [5, 5.41) is 2.44. The summed E-state index contributed by atoms with van der Waals surface area (Å²) in [7, 11) is 1.67. The molecule has 0 aliphatic rings. The van der Waals surface area contributed by atoms with Crippen molar-refractivity contribution in [2.45, 2.75) is 19.4 Å². The molecule has 0 heterocycles. The van der Waals surface area contributed by atoms with Crippen LogP contribution in [0.25, 0.3) is 10.8 Å². The standard InChI is InChI=1S/C16H21NO2/c1-12(17)11-15-14-6-4-3-5-13(14)7-8-16(15)19-10-9-18-2/h3-8,12H,9-11,17H2,1-2H3. The molecule has 19 heavy (non-hydrogen) atoms. The summed E-state index contributed by atoms with van der Waals surface area (Å²) < 4.78 is 10.8. The molecular weight excluding hydrogens is 238 g/mol. The molecule has 0 radical (unpaired) electrons. The van der Waals surface area contributed by atoms with Crippen molar-refractivity contribution < 1.29 is 9.47 Å². The van der Waals surface area contributed by atoms with Crippen molar-refractivity contribution in [3.05, 3.63) is 42.0 Å². The van der Waals surface area contributed by atoms with E-state index in [0.717, 1.165) is 12.2 Å². The lowest BCUT2D eigenvalue weighted by atomic mass is 9.98. The highest BCUT2D eigenvalue weighted by Crippen LogP contribution is 2.29. The van der Waals surface area contributed by atoms with Gasteiger partial charge >= 0.3 is 0 Å². The normalized spacial score (nSPS) is 12.6. The Morgan fingerprint density at radius 1 is 1.11 bits per heavy atom. The van der Waals surface area contributed by atoms with E-state index in [1.165, 1.54) is 16.3 Å². The van der Waals surface area contributed by atoms with Crippen LogP contribution in [0.15, 0.2) is 36.4 Å². The Labute approximate surface area is 114 Å². The molecule has 3 heteroatoms. The molecule has 0 saturated carbocycles. The van der Waals surface area contributed by atoms with Gasteiger partial charge in [-0.2, -0.15) is 0 Å². The number of nitrogens with two attached hydrogens (primary N) is 1. The van der Waals surface area contributed by atoms with Gasteiger partial charge in [0, 0.05) is 18.7 Å². The van der Waals surface area contributed by atoms with Crippen LogP contribution in [0, 0.1) is 0 Å². The fourth-order valence-corrected chi connectivity index (χ4v) is 2.22. The van der Waals surface area contributed by atoms with Crippen molar-refractivity contribution in [3.63, 3.8) is 0 Å². The van der Waals surface area contributed by atoms with E-state index in [1.807, 2.05) is 25.1 Å². The minimum absolute atomic E-state index is 0.107. The van der Waals surface area contributed by atoms with Gasteiger partial charge in [-0.3, -0.25) is 0 Å². The summed E-state index contributed by atoms with van der Waals surface area (Å²) in [5.74, 6) is 0.910. The molecule has 0 saturated heterocycles. The molecule has 102 valence electrons. The molecule has 0 aliphatic carbocycles. The third-order valence-electron chi connectivity index (χ3n) is 3.07. The molecule has 0 aromatic heterocycles. The SMILES string of the molecule is COCCOc1ccc2ccccc2c1CC(C)N. The van der Waals surface area contributed by atoms with Crippen molar-refractivity contribution in [1.82, 2.24) is 0 Å². The first-order valence-corrected chi connectivity index (χ1v) is 6.60. The van der Waals surface area contributed by atoms with Crippen LogP contribution in [-0.4, -0.2) is 26.4 Å². The molecule has 2 N–H and O–H groups in total. The quantitative estimate of drug-likeness (QED) is 0.811. The third kappa shape index (κ3) is 3.46. The van der Waals surface area contributed by atoms with E-state index in [2.05, 4.69) is 18.2 Å². The second kappa shape index (κ2) is 6.55. The maximum Gasteiger partial charge on any atom is 0.123 e. The van der Waals surface area contributed by atoms with Crippen LogP contribution in [0.5, 0.6) is 5.75 Å². The first-order chi connectivity index (χ1) is 9.22. The number of hydrogen-bond donors (Lipinski definition) is 1. The van der Waals surface area contributed by atoms with E-state index in [0.29, 0.717) is 13.2 Å². The second-order valence-corrected chi connectivity index (χ2v) is 4.79. The molecule has 2 aromatic carbocycles. The van der Waals surface area contributed by atoms with Crippen molar-refractivity contribution >= 4 is 10.8 Å². The van der Waals surface area contributed by atoms with E-state index in [1.54, 1.807) is 7.11 Å². The smallest absolute Gasteiger partial charge is 0.123 e. The van der Waals surface area contributed by atoms with Gasteiger partial charge in [0.1, 0.15) is 12.4 Å². The van der Waals surface area contributed by atoms with Gasteiger partial charge in [-0.05, 0) is 30.2 Å². The molecule has 1 atom stereocenters. The Kier molecular flexibility index (Phi) is 4.77. The first-order valence-electron chi connectivity index (χ1n) is 6.60. The number of methoxy groups -OCH3 is 1. The average molecular weight is 259 g/mol. The summed E-state index contributed by atoms with van der Waals surface area (Å²) in [6.07, 6.45) is 0.809. The van der Waals surface area contributed by atoms with Gasteiger partial charge in [0.15, 0.2) is 0 Å². The minimum Gasteiger partial charge on any atom is -0.491 e. The second-order valence-electron chi connectivity index (χ2n) is 4.79. The molecule has 0 fully saturated rings. The summed E-state index contributed by atoms with van der Waals surface area (Å²) in [6, 6.07) is 12.5. The highest BCUT2D eigenvalue weighted by Gasteiger charge is 2.10. The molecule has 2 aromatic rings. The van der Waals surface area contributed by atoms with E-state index < -0.39 is 0 Å². The summed E-state index contributed by atoms with van der Waals surface area (Å²) in [5.41, 5.74) is 7.14. The highest BCUT2D eigenvalue weighted by molar-refractivity contribution is 5.87. The Morgan fingerprint density at radius 2 is 1.89 bits per heavy atom. The van der Waals surface area contributed by atoms with Crippen LogP contribution in [0.3, 0.4) is 0 Å². The molecular formula is C16H21NO2. The Morgan fingerprint density at radius 3 is 2.63 bits per heavy atom. The lowest BCUT2D eigenvalue weighted by Gasteiger charge is -2.15. The van der Waals surface area contributed by atoms with Crippen LogP contribution in [0.1, 0.15) is 12.5 Å². The zero-order valence-electron chi connectivity index (χ0n) is 11.6. The van der Waals surface area contributed by atoms with Gasteiger partial charge in [0.05, 0.1) is 6.61 Å². The summed E-state index contributed by atoms with van der Waals surface area (Å²) in [6.45, 7) is 3.16. The van der Waals surface area contributed by atoms with E-state index >= 15 is 0 Å². The van der Waals surface area contributed by atoms with Crippen molar-refractivity contribution in [1.29, 1.82) is 0 Å². The van der Waals surface area contributed by atoms with Crippen molar-refractivity contribution in [2.75, 3.05) is 20.3 Å². The molecule has 2 rings (SSSR count). The Bertz CT molecular complexity index is 537. The fourth-order valence-electron chi connectivity index (χ4n) is 2.22. The first kappa shape index (κ1) is 13.8. The topological polar surface area (TPSA) is 44.5 Å². The lowest BCUT2D eigenvalue weighted by Crippen LogP contribution is -2.19. The van der Waals surface area contributed by atoms with E-state index in [-0.39, 0.29) is 6.04 Å². The highest BCUT2D eigenvalue weighted by atomic mass is 16.5. The number of fused-ring (bicyclic) bond motifs is 1. The third-order valence-corrected chi connectivity index (χ3v) is 3.07. The predicted octanol–water partition coefficient (Wildman–Crippen LogP) is 2.75. The van der Waals surface area contributed by atoms with Crippen LogP contribution in [-0.2, 0) is 11.2 Å². The van der Waals surface area contributed by atoms with Gasteiger partial charge in [-0.15, -0.1) is 0 Å². The molecule has 0 spiro atoms. The summed E-state index contributed by atoms with van der Waals surface area (Å²) >= 11 is 0. The zero-order chi connectivity index (χ0) is 13.7. The molecule has 0 bridgehead atoms. The van der Waals surface area contributed by atoms with E-state index in [4.69, 9.17) is 15.2 Å². The largest absolute Gasteiger partial charge is 0.491 e. The van der Waals surface area contributed by atoms with Gasteiger partial charge in [-0.25, -0.2) is 0 Å². The maximum atomic E-state index is 5.96. The summed E-state index contributed by atoms with van der Waals surface area (Å²) in [4.78, 5) is 0. The Hall–Kier alpha value is -1.58. The number of ether oxygens (including phenoxy) is 2. The van der Waals surface area contributed by atoms with Gasteiger partial charge < -0.3 is 15.2 Å². The lowest BCUT2D eigenvalue weighted by molar-refractivity contribution is 0.146. The molecule has 1 unspecified atom stereocenters. The maximum absolute atomic E-state index is 5.96. The van der Waals surface area contributed by atoms with Crippen LogP contribution < -0.4 is 10.5 Å². The number of rotatable bonds is 6. The van der Waals surface area contributed by atoms with Gasteiger partial charge in [0.2, 0.25) is 0 Å². The fraction of sp³-hybridized carbons (Fsp3) is 0.375. The van der Waals surface area contributed by atoms with Crippen LogP contribution in [0.4, 0.5) is 0 Å². The van der Waals surface area contributed by atoms with Crippen LogP contribution in [0.2, 0.25) is 0 Å². The number of hydrogen-bond acceptors (Lipinski definition) is 3. The number of benzene rings is 2. The molecule has 0 aliphatic heterocycles. The van der Waals surface area contributed by atoms with E-state index in [9.17, 15) is 0 Å². The van der Waals surface area contributed by atoms with Crippen molar-refractivity contribution in [3.8, 4) is 5.75 Å². The Balaban J connectivity index is 2.38. The van der Waals surface area contributed by atoms with Gasteiger partial charge in [-0.1, -0.05) is 30.3 Å². The monoisotopic (exact) mass is 259 g/mol. The molecule has 0 amide bonds. The minimum atomic E-state index is 0.107. The predicted molar refractivity (Wildman–Crippen MR) is 78.7 cm³/mol. The van der Waals surface area contributed by atoms with Crippen molar-refractivity contribution in [2.24, 2.45) is 5.73 Å².